The number of H-pyrrole nitrogens is 1. The number of aromatic amines is 1. The molecule has 1 amide bonds. The maximum atomic E-state index is 12.0. The van der Waals surface area contributed by atoms with Crippen LogP contribution in [0, 0.1) is 0 Å². The van der Waals surface area contributed by atoms with Crippen molar-refractivity contribution in [2.75, 3.05) is 12.3 Å². The normalized spacial score (nSPS) is 11.4. The zero-order chi connectivity index (χ0) is 15.3. The van der Waals surface area contributed by atoms with E-state index in [0.717, 1.165) is 0 Å². The lowest BCUT2D eigenvalue weighted by Gasteiger charge is -2.09. The lowest BCUT2D eigenvalue weighted by molar-refractivity contribution is -0.0327. The quantitative estimate of drug-likeness (QED) is 0.834. The predicted octanol–water partition coefficient (Wildman–Crippen LogP) is 3.06. The van der Waals surface area contributed by atoms with Gasteiger partial charge in [0.25, 0.3) is 5.91 Å². The van der Waals surface area contributed by atoms with Crippen molar-refractivity contribution >= 4 is 17.7 Å². The van der Waals surface area contributed by atoms with Gasteiger partial charge < -0.3 is 10.3 Å². The van der Waals surface area contributed by atoms with E-state index in [1.54, 1.807) is 36.7 Å². The van der Waals surface area contributed by atoms with Crippen molar-refractivity contribution in [2.24, 2.45) is 0 Å². The van der Waals surface area contributed by atoms with Crippen LogP contribution in [-0.4, -0.2) is 33.7 Å². The molecule has 2 aromatic rings. The van der Waals surface area contributed by atoms with Gasteiger partial charge in [0, 0.05) is 30.3 Å². The fourth-order valence-corrected chi connectivity index (χ4v) is 2.16. The number of imidazole rings is 1. The highest BCUT2D eigenvalue weighted by Gasteiger charge is 2.27. The van der Waals surface area contributed by atoms with Crippen LogP contribution in [-0.2, 0) is 0 Å². The number of halogens is 3. The van der Waals surface area contributed by atoms with Crippen LogP contribution in [0.15, 0.2) is 36.7 Å². The minimum Gasteiger partial charge on any atom is -0.351 e. The molecule has 112 valence electrons. The number of hydrogen-bond acceptors (Lipinski definition) is 3. The van der Waals surface area contributed by atoms with Gasteiger partial charge in [-0.15, -0.1) is 0 Å². The fraction of sp³-hybridized carbons (Fsp3) is 0.231. The average Bonchev–Trinajstić information content (AvgIpc) is 2.96. The van der Waals surface area contributed by atoms with Gasteiger partial charge in [0.1, 0.15) is 5.82 Å². The molecule has 4 nitrogen and oxygen atoms in total. The van der Waals surface area contributed by atoms with Gasteiger partial charge in [-0.05, 0) is 17.8 Å². The molecule has 1 aromatic carbocycles. The third-order valence-electron chi connectivity index (χ3n) is 2.58. The molecule has 0 fully saturated rings. The summed E-state index contributed by atoms with van der Waals surface area (Å²) in [4.78, 5) is 19.0. The minimum absolute atomic E-state index is 0.0600. The highest BCUT2D eigenvalue weighted by Crippen LogP contribution is 2.29. The summed E-state index contributed by atoms with van der Waals surface area (Å²) in [6, 6.07) is 6.77. The molecule has 0 unspecified atom stereocenters. The average molecular weight is 315 g/mol. The van der Waals surface area contributed by atoms with Crippen molar-refractivity contribution < 1.29 is 18.0 Å². The SMILES string of the molecule is O=C(NCCSC(F)(F)F)c1ccccc1-c1ncc[nH]1. The highest BCUT2D eigenvalue weighted by molar-refractivity contribution is 8.00. The largest absolute Gasteiger partial charge is 0.441 e. The molecule has 0 atom stereocenters. The van der Waals surface area contributed by atoms with Crippen molar-refractivity contribution in [2.45, 2.75) is 5.51 Å². The standard InChI is InChI=1S/C13H12F3N3OS/c14-13(15,16)21-8-7-19-12(20)10-4-2-1-3-9(10)11-17-5-6-18-11/h1-6H,7-8H2,(H,17,18)(H,19,20). The molecule has 0 saturated heterocycles. The van der Waals surface area contributed by atoms with Gasteiger partial charge in [-0.1, -0.05) is 18.2 Å². The number of hydrogen-bond donors (Lipinski definition) is 2. The molecule has 2 N–H and O–H groups in total. The number of aromatic nitrogens is 2. The van der Waals surface area contributed by atoms with Gasteiger partial charge in [-0.3, -0.25) is 4.79 Å². The third kappa shape index (κ3) is 4.52. The molecule has 1 aromatic heterocycles. The van der Waals surface area contributed by atoms with Crippen molar-refractivity contribution in [3.8, 4) is 11.4 Å². The van der Waals surface area contributed by atoms with Crippen LogP contribution in [0.1, 0.15) is 10.4 Å². The molecule has 0 aliphatic rings. The van der Waals surface area contributed by atoms with E-state index in [0.29, 0.717) is 17.0 Å². The van der Waals surface area contributed by atoms with E-state index in [1.165, 1.54) is 0 Å². The molecule has 0 bridgehead atoms. The van der Waals surface area contributed by atoms with E-state index < -0.39 is 11.4 Å². The van der Waals surface area contributed by atoms with Crippen LogP contribution in [0.25, 0.3) is 11.4 Å². The van der Waals surface area contributed by atoms with Crippen LogP contribution in [0.4, 0.5) is 13.2 Å². The van der Waals surface area contributed by atoms with Crippen molar-refractivity contribution in [1.82, 2.24) is 15.3 Å². The number of carbonyl (C=O) groups excluding carboxylic acids is 1. The summed E-state index contributed by atoms with van der Waals surface area (Å²) < 4.78 is 36.0. The number of alkyl halides is 3. The first kappa shape index (κ1) is 15.4. The smallest absolute Gasteiger partial charge is 0.351 e. The molecule has 0 spiro atoms. The first-order valence-corrected chi connectivity index (χ1v) is 7.03. The number of rotatable bonds is 5. The van der Waals surface area contributed by atoms with E-state index >= 15 is 0 Å². The summed E-state index contributed by atoms with van der Waals surface area (Å²) in [7, 11) is 0. The summed E-state index contributed by atoms with van der Waals surface area (Å²) in [5, 5.41) is 2.47. The summed E-state index contributed by atoms with van der Waals surface area (Å²) >= 11 is -0.161. The van der Waals surface area contributed by atoms with Gasteiger partial charge in [0.2, 0.25) is 0 Å². The molecular weight excluding hydrogens is 303 g/mol. The zero-order valence-electron chi connectivity index (χ0n) is 10.8. The predicted molar refractivity (Wildman–Crippen MR) is 74.9 cm³/mol. The molecular formula is C13H12F3N3OS. The number of nitrogens with zero attached hydrogens (tertiary/aromatic N) is 1. The Labute approximate surface area is 123 Å². The summed E-state index contributed by atoms with van der Waals surface area (Å²) in [6.45, 7) is -0.0600. The first-order chi connectivity index (χ1) is 9.97. The molecule has 2 rings (SSSR count). The second kappa shape index (κ2) is 6.66. The molecule has 0 saturated carbocycles. The van der Waals surface area contributed by atoms with Crippen LogP contribution >= 0.6 is 11.8 Å². The molecule has 0 radical (unpaired) electrons. The number of benzene rings is 1. The monoisotopic (exact) mass is 315 g/mol. The Hall–Kier alpha value is -1.96. The highest BCUT2D eigenvalue weighted by atomic mass is 32.2. The second-order valence-corrected chi connectivity index (χ2v) is 5.19. The zero-order valence-corrected chi connectivity index (χ0v) is 11.6. The van der Waals surface area contributed by atoms with Crippen molar-refractivity contribution in [3.63, 3.8) is 0 Å². The molecule has 1 heterocycles. The first-order valence-electron chi connectivity index (χ1n) is 6.05. The lowest BCUT2D eigenvalue weighted by Crippen LogP contribution is -2.27. The Morgan fingerprint density at radius 2 is 2.10 bits per heavy atom. The lowest BCUT2D eigenvalue weighted by atomic mass is 10.1. The number of carbonyl (C=O) groups is 1. The number of thioether (sulfide) groups is 1. The topological polar surface area (TPSA) is 57.8 Å². The summed E-state index contributed by atoms with van der Waals surface area (Å²) in [5.74, 6) is -0.117. The van der Waals surface area contributed by atoms with E-state index in [2.05, 4.69) is 15.3 Å². The Morgan fingerprint density at radius 1 is 1.33 bits per heavy atom. The molecule has 21 heavy (non-hydrogen) atoms. The summed E-state index contributed by atoms with van der Waals surface area (Å²) in [5.41, 5.74) is -3.32. The molecule has 0 aliphatic carbocycles. The Morgan fingerprint density at radius 3 is 2.76 bits per heavy atom. The Bertz CT molecular complexity index is 599. The van der Waals surface area contributed by atoms with Crippen molar-refractivity contribution in [1.29, 1.82) is 0 Å². The van der Waals surface area contributed by atoms with E-state index in [4.69, 9.17) is 0 Å². The van der Waals surface area contributed by atoms with Gasteiger partial charge in [0.05, 0.1) is 5.56 Å². The van der Waals surface area contributed by atoms with Crippen LogP contribution in [0.5, 0.6) is 0 Å². The number of nitrogens with one attached hydrogen (secondary N) is 2. The van der Waals surface area contributed by atoms with Gasteiger partial charge in [0.15, 0.2) is 0 Å². The van der Waals surface area contributed by atoms with Gasteiger partial charge in [-0.2, -0.15) is 13.2 Å². The van der Waals surface area contributed by atoms with Gasteiger partial charge in [-0.25, -0.2) is 4.98 Å². The third-order valence-corrected chi connectivity index (χ3v) is 3.31. The van der Waals surface area contributed by atoms with Crippen LogP contribution in [0.2, 0.25) is 0 Å². The molecule has 8 heteroatoms. The molecule has 0 aliphatic heterocycles. The second-order valence-electron chi connectivity index (χ2n) is 4.03. The van der Waals surface area contributed by atoms with E-state index in [1.807, 2.05) is 0 Å². The Balaban J connectivity index is 2.00. The van der Waals surface area contributed by atoms with Gasteiger partial charge >= 0.3 is 5.51 Å². The van der Waals surface area contributed by atoms with Crippen LogP contribution < -0.4 is 5.32 Å². The van der Waals surface area contributed by atoms with Crippen LogP contribution in [0.3, 0.4) is 0 Å². The van der Waals surface area contributed by atoms with E-state index in [9.17, 15) is 18.0 Å². The van der Waals surface area contributed by atoms with Crippen molar-refractivity contribution in [3.05, 3.63) is 42.2 Å². The van der Waals surface area contributed by atoms with E-state index in [-0.39, 0.29) is 24.1 Å². The Kier molecular flexibility index (Phi) is 4.89. The maximum Gasteiger partial charge on any atom is 0.441 e. The maximum absolute atomic E-state index is 12.0. The minimum atomic E-state index is -4.28. The fourth-order valence-electron chi connectivity index (χ4n) is 1.73. The summed E-state index contributed by atoms with van der Waals surface area (Å²) in [6.07, 6.45) is 3.19. The number of amides is 1.